The van der Waals surface area contributed by atoms with Crippen LogP contribution in [0.3, 0.4) is 0 Å². The Morgan fingerprint density at radius 1 is 1.11 bits per heavy atom. The van der Waals surface area contributed by atoms with Crippen LogP contribution in [0.25, 0.3) is 11.4 Å². The van der Waals surface area contributed by atoms with Crippen molar-refractivity contribution in [2.75, 3.05) is 7.05 Å². The minimum atomic E-state index is -0.0353. The molecule has 138 valence electrons. The van der Waals surface area contributed by atoms with Crippen molar-refractivity contribution in [3.05, 3.63) is 77.4 Å². The number of rotatable bonds is 5. The second kappa shape index (κ2) is 8.08. The molecular weight excluding hydrogens is 336 g/mol. The molecule has 0 spiro atoms. The van der Waals surface area contributed by atoms with Crippen LogP contribution in [0.5, 0.6) is 0 Å². The van der Waals surface area contributed by atoms with Crippen LogP contribution in [0.4, 0.5) is 0 Å². The molecule has 1 aromatic carbocycles. The van der Waals surface area contributed by atoms with E-state index in [0.29, 0.717) is 23.9 Å². The highest BCUT2D eigenvalue weighted by Crippen LogP contribution is 2.20. The monoisotopic (exact) mass is 360 g/mol. The summed E-state index contributed by atoms with van der Waals surface area (Å²) in [5.74, 6) is 0.978. The summed E-state index contributed by atoms with van der Waals surface area (Å²) in [7, 11) is 1.81. The molecule has 0 atom stereocenters. The maximum absolute atomic E-state index is 12.9. The van der Waals surface area contributed by atoms with Crippen LogP contribution in [0, 0.1) is 6.92 Å². The number of hydrogen-bond acceptors (Lipinski definition) is 4. The van der Waals surface area contributed by atoms with Gasteiger partial charge in [0.05, 0.1) is 0 Å². The maximum Gasteiger partial charge on any atom is 0.253 e. The first-order chi connectivity index (χ1) is 13.0. The topological polar surface area (TPSA) is 59.0 Å². The normalized spacial score (nSPS) is 10.9. The number of amides is 1. The highest BCUT2D eigenvalue weighted by molar-refractivity contribution is 5.95. The van der Waals surface area contributed by atoms with E-state index in [1.54, 1.807) is 11.1 Å². The summed E-state index contributed by atoms with van der Waals surface area (Å²) in [6, 6.07) is 9.41. The highest BCUT2D eigenvalue weighted by Gasteiger charge is 2.14. The van der Waals surface area contributed by atoms with Crippen LogP contribution in [-0.4, -0.2) is 32.8 Å². The van der Waals surface area contributed by atoms with Gasteiger partial charge in [0.15, 0.2) is 5.82 Å². The number of nitrogens with zero attached hydrogens (tertiary/aromatic N) is 4. The summed E-state index contributed by atoms with van der Waals surface area (Å²) in [5, 5.41) is 0. The third-order valence-corrected chi connectivity index (χ3v) is 4.60. The van der Waals surface area contributed by atoms with E-state index >= 15 is 0 Å². The molecular formula is C22H24N4O. The summed E-state index contributed by atoms with van der Waals surface area (Å²) >= 11 is 0. The maximum atomic E-state index is 12.9. The number of carbonyl (C=O) groups excluding carboxylic acids is 1. The van der Waals surface area contributed by atoms with Crippen LogP contribution in [0.2, 0.25) is 0 Å². The van der Waals surface area contributed by atoms with E-state index in [0.717, 1.165) is 22.3 Å². The molecule has 2 heterocycles. The van der Waals surface area contributed by atoms with Crippen molar-refractivity contribution in [1.29, 1.82) is 0 Å². The van der Waals surface area contributed by atoms with Crippen molar-refractivity contribution in [1.82, 2.24) is 19.9 Å². The quantitative estimate of drug-likeness (QED) is 0.683. The number of aryl methyl sites for hydroxylation is 1. The second-order valence-corrected chi connectivity index (χ2v) is 7.04. The zero-order chi connectivity index (χ0) is 19.4. The Kier molecular flexibility index (Phi) is 5.60. The van der Waals surface area contributed by atoms with Crippen molar-refractivity contribution in [2.24, 2.45) is 0 Å². The van der Waals surface area contributed by atoms with Crippen molar-refractivity contribution < 1.29 is 4.79 Å². The first-order valence-electron chi connectivity index (χ1n) is 9.03. The molecule has 2 aromatic heterocycles. The Morgan fingerprint density at radius 2 is 1.85 bits per heavy atom. The van der Waals surface area contributed by atoms with E-state index in [2.05, 4.69) is 28.8 Å². The Morgan fingerprint density at radius 3 is 2.52 bits per heavy atom. The molecule has 5 heteroatoms. The van der Waals surface area contributed by atoms with Gasteiger partial charge in [-0.05, 0) is 47.7 Å². The van der Waals surface area contributed by atoms with Gasteiger partial charge in [0.25, 0.3) is 5.91 Å². The third kappa shape index (κ3) is 4.37. The van der Waals surface area contributed by atoms with Gasteiger partial charge in [-0.3, -0.25) is 9.78 Å². The Hall–Kier alpha value is -3.08. The number of pyridine rings is 1. The summed E-state index contributed by atoms with van der Waals surface area (Å²) in [6.07, 6.45) is 7.26. The van der Waals surface area contributed by atoms with Crippen molar-refractivity contribution >= 4 is 5.91 Å². The molecule has 0 aliphatic rings. The van der Waals surface area contributed by atoms with E-state index in [-0.39, 0.29) is 5.91 Å². The lowest BCUT2D eigenvalue weighted by Gasteiger charge is -2.18. The van der Waals surface area contributed by atoms with Gasteiger partial charge in [-0.2, -0.15) is 0 Å². The lowest BCUT2D eigenvalue weighted by atomic mass is 10.1. The van der Waals surface area contributed by atoms with Crippen molar-refractivity contribution in [3.63, 3.8) is 0 Å². The molecule has 0 aliphatic heterocycles. The number of benzene rings is 1. The number of carbonyl (C=O) groups is 1. The second-order valence-electron chi connectivity index (χ2n) is 7.04. The first kappa shape index (κ1) is 18.7. The third-order valence-electron chi connectivity index (χ3n) is 4.60. The Labute approximate surface area is 160 Å². The molecule has 27 heavy (non-hydrogen) atoms. The zero-order valence-electron chi connectivity index (χ0n) is 16.2. The largest absolute Gasteiger partial charge is 0.337 e. The predicted molar refractivity (Wildman–Crippen MR) is 106 cm³/mol. The van der Waals surface area contributed by atoms with Gasteiger partial charge >= 0.3 is 0 Å². The molecule has 0 N–H and O–H groups in total. The molecule has 0 radical (unpaired) electrons. The van der Waals surface area contributed by atoms with E-state index in [1.165, 1.54) is 0 Å². The van der Waals surface area contributed by atoms with Crippen molar-refractivity contribution in [2.45, 2.75) is 33.2 Å². The van der Waals surface area contributed by atoms with Crippen molar-refractivity contribution in [3.8, 4) is 11.4 Å². The molecule has 3 rings (SSSR count). The number of hydrogen-bond donors (Lipinski definition) is 0. The minimum absolute atomic E-state index is 0.0353. The van der Waals surface area contributed by atoms with Crippen LogP contribution in [-0.2, 0) is 6.54 Å². The summed E-state index contributed by atoms with van der Waals surface area (Å²) < 4.78 is 0. The van der Waals surface area contributed by atoms with Gasteiger partial charge in [-0.15, -0.1) is 0 Å². The van der Waals surface area contributed by atoms with Gasteiger partial charge < -0.3 is 4.90 Å². The average Bonchev–Trinajstić information content (AvgIpc) is 2.69. The summed E-state index contributed by atoms with van der Waals surface area (Å²) in [6.45, 7) is 6.76. The van der Waals surface area contributed by atoms with E-state index < -0.39 is 0 Å². The average molecular weight is 360 g/mol. The van der Waals surface area contributed by atoms with E-state index in [1.807, 2.05) is 62.9 Å². The molecule has 3 aromatic rings. The molecule has 0 aliphatic carbocycles. The lowest BCUT2D eigenvalue weighted by Crippen LogP contribution is -2.26. The Bertz CT molecular complexity index is 935. The van der Waals surface area contributed by atoms with Crippen LogP contribution >= 0.6 is 0 Å². The van der Waals surface area contributed by atoms with Gasteiger partial charge in [0.1, 0.15) is 0 Å². The number of aromatic nitrogens is 3. The molecule has 5 nitrogen and oxygen atoms in total. The van der Waals surface area contributed by atoms with Gasteiger partial charge in [-0.25, -0.2) is 9.97 Å². The minimum Gasteiger partial charge on any atom is -0.337 e. The first-order valence-corrected chi connectivity index (χ1v) is 9.03. The lowest BCUT2D eigenvalue weighted by molar-refractivity contribution is 0.0785. The molecule has 0 saturated heterocycles. The van der Waals surface area contributed by atoms with Gasteiger partial charge in [-0.1, -0.05) is 26.0 Å². The van der Waals surface area contributed by atoms with E-state index in [4.69, 9.17) is 0 Å². The summed E-state index contributed by atoms with van der Waals surface area (Å²) in [4.78, 5) is 27.6. The predicted octanol–water partition coefficient (Wildman–Crippen LogP) is 4.24. The van der Waals surface area contributed by atoms with Crippen LogP contribution in [0.1, 0.15) is 46.8 Å². The fraction of sp³-hybridized carbons (Fsp3) is 0.273. The van der Waals surface area contributed by atoms with Crippen LogP contribution in [0.15, 0.2) is 55.1 Å². The fourth-order valence-electron chi connectivity index (χ4n) is 2.80. The molecule has 0 bridgehead atoms. The highest BCUT2D eigenvalue weighted by atomic mass is 16.2. The Balaban J connectivity index is 1.80. The van der Waals surface area contributed by atoms with Gasteiger partial charge in [0, 0.05) is 49.5 Å². The zero-order valence-corrected chi connectivity index (χ0v) is 16.2. The summed E-state index contributed by atoms with van der Waals surface area (Å²) in [5.41, 5.74) is 4.72. The smallest absolute Gasteiger partial charge is 0.253 e. The molecule has 1 amide bonds. The van der Waals surface area contributed by atoms with Gasteiger partial charge in [0.2, 0.25) is 0 Å². The molecule has 0 fully saturated rings. The molecule has 0 saturated carbocycles. The standard InChI is InChI=1S/C22H24N4O/c1-15(2)20-12-24-21(25-13-20)17-6-5-7-18(10-17)22(27)26(4)14-19-8-9-23-11-16(19)3/h5-13,15H,14H2,1-4H3. The fourth-order valence-corrected chi connectivity index (χ4v) is 2.80. The van der Waals surface area contributed by atoms with Crippen LogP contribution < -0.4 is 0 Å². The van der Waals surface area contributed by atoms with E-state index in [9.17, 15) is 4.79 Å². The molecule has 0 unspecified atom stereocenters. The SMILES string of the molecule is Cc1cnccc1CN(C)C(=O)c1cccc(-c2ncc(C(C)C)cn2)c1.